The fourth-order valence-corrected chi connectivity index (χ4v) is 3.75. The van der Waals surface area contributed by atoms with Gasteiger partial charge in [0.2, 0.25) is 0 Å². The van der Waals surface area contributed by atoms with Crippen LogP contribution < -0.4 is 0 Å². The number of rotatable bonds is 4. The van der Waals surface area contributed by atoms with Crippen molar-refractivity contribution in [1.82, 2.24) is 0 Å². The molecule has 3 aromatic carbocycles. The van der Waals surface area contributed by atoms with Gasteiger partial charge in [-0.25, -0.2) is 0 Å². The van der Waals surface area contributed by atoms with Gasteiger partial charge in [0.25, 0.3) is 0 Å². The Morgan fingerprint density at radius 2 is 1.33 bits per heavy atom. The molecule has 0 saturated carbocycles. The molecule has 3 aromatic rings. The summed E-state index contributed by atoms with van der Waals surface area (Å²) in [5.74, 6) is 0.489. The average Bonchev–Trinajstić information content (AvgIpc) is 2.67. The third-order valence-electron chi connectivity index (χ3n) is 5.01. The fourth-order valence-electron chi connectivity index (χ4n) is 3.75. The van der Waals surface area contributed by atoms with Gasteiger partial charge in [0.05, 0.1) is 0 Å². The van der Waals surface area contributed by atoms with Crippen LogP contribution in [-0.4, -0.2) is 0 Å². The van der Waals surface area contributed by atoms with Crippen LogP contribution in [0.3, 0.4) is 0 Å². The van der Waals surface area contributed by atoms with Gasteiger partial charge in [0.1, 0.15) is 0 Å². The number of benzene rings is 3. The van der Waals surface area contributed by atoms with Crippen molar-refractivity contribution in [2.24, 2.45) is 0 Å². The molecular weight excluding hydrogens is 288 g/mol. The molecule has 1 atom stereocenters. The smallest absolute Gasteiger partial charge is 0.0130 e. The maximum atomic E-state index is 2.46. The minimum absolute atomic E-state index is 0.489. The van der Waals surface area contributed by atoms with Gasteiger partial charge in [-0.05, 0) is 47.1 Å². The standard InChI is InChI=1S/C24H22/c1-3-9-19(10-4-1)15-16-21-17-18-23(20-11-5-2-6-12-20)24-14-8-7-13-22(21)24/h1-14,17,23H,15-16,18H2. The fraction of sp³-hybridized carbons (Fsp3) is 0.167. The minimum atomic E-state index is 0.489. The van der Waals surface area contributed by atoms with Gasteiger partial charge in [-0.3, -0.25) is 0 Å². The van der Waals surface area contributed by atoms with Gasteiger partial charge in [-0.2, -0.15) is 0 Å². The highest BCUT2D eigenvalue weighted by Crippen LogP contribution is 2.39. The molecule has 118 valence electrons. The van der Waals surface area contributed by atoms with Crippen LogP contribution in [0.2, 0.25) is 0 Å². The molecule has 0 nitrogen and oxygen atoms in total. The normalized spacial score (nSPS) is 16.3. The van der Waals surface area contributed by atoms with E-state index >= 15 is 0 Å². The molecule has 1 aliphatic rings. The average molecular weight is 310 g/mol. The number of hydrogen-bond acceptors (Lipinski definition) is 0. The Hall–Kier alpha value is -2.60. The summed E-state index contributed by atoms with van der Waals surface area (Å²) >= 11 is 0. The second-order valence-electron chi connectivity index (χ2n) is 6.50. The van der Waals surface area contributed by atoms with Crippen LogP contribution in [0.25, 0.3) is 5.57 Å². The van der Waals surface area contributed by atoms with Crippen LogP contribution in [0.1, 0.15) is 41.0 Å². The van der Waals surface area contributed by atoms with Crippen molar-refractivity contribution in [1.29, 1.82) is 0 Å². The van der Waals surface area contributed by atoms with E-state index in [4.69, 9.17) is 0 Å². The summed E-state index contributed by atoms with van der Waals surface area (Å²) in [5, 5.41) is 0. The number of allylic oxidation sites excluding steroid dienone is 2. The molecular formula is C24H22. The lowest BCUT2D eigenvalue weighted by Gasteiger charge is -2.26. The molecule has 0 amide bonds. The Balaban J connectivity index is 1.61. The molecule has 0 spiro atoms. The van der Waals surface area contributed by atoms with Crippen LogP contribution in [0.15, 0.2) is 91.0 Å². The lowest BCUT2D eigenvalue weighted by atomic mass is 9.78. The molecule has 0 bridgehead atoms. The number of fused-ring (bicyclic) bond motifs is 1. The van der Waals surface area contributed by atoms with Crippen LogP contribution in [0.4, 0.5) is 0 Å². The SMILES string of the molecule is C1=C(CCc2ccccc2)c2ccccc2C(c2ccccc2)C1. The molecule has 1 unspecified atom stereocenters. The third kappa shape index (κ3) is 3.05. The second kappa shape index (κ2) is 6.88. The first kappa shape index (κ1) is 15.0. The summed E-state index contributed by atoms with van der Waals surface area (Å²) in [6.07, 6.45) is 5.79. The molecule has 0 heteroatoms. The zero-order valence-corrected chi connectivity index (χ0v) is 13.9. The zero-order valence-electron chi connectivity index (χ0n) is 13.9. The third-order valence-corrected chi connectivity index (χ3v) is 5.01. The topological polar surface area (TPSA) is 0 Å². The van der Waals surface area contributed by atoms with Gasteiger partial charge in [-0.15, -0.1) is 0 Å². The molecule has 24 heavy (non-hydrogen) atoms. The van der Waals surface area contributed by atoms with E-state index in [2.05, 4.69) is 91.0 Å². The van der Waals surface area contributed by atoms with Crippen molar-refractivity contribution in [3.63, 3.8) is 0 Å². The number of aryl methyl sites for hydroxylation is 1. The summed E-state index contributed by atoms with van der Waals surface area (Å²) in [7, 11) is 0. The van der Waals surface area contributed by atoms with E-state index in [1.54, 1.807) is 0 Å². The first-order valence-electron chi connectivity index (χ1n) is 8.79. The Labute approximate surface area is 144 Å². The van der Waals surface area contributed by atoms with E-state index in [-0.39, 0.29) is 0 Å². The monoisotopic (exact) mass is 310 g/mol. The van der Waals surface area contributed by atoms with Crippen molar-refractivity contribution in [2.75, 3.05) is 0 Å². The molecule has 0 aliphatic heterocycles. The molecule has 0 heterocycles. The zero-order chi connectivity index (χ0) is 16.2. The highest BCUT2D eigenvalue weighted by atomic mass is 14.3. The van der Waals surface area contributed by atoms with E-state index in [0.29, 0.717) is 5.92 Å². The van der Waals surface area contributed by atoms with Crippen LogP contribution >= 0.6 is 0 Å². The molecule has 0 saturated heterocycles. The first-order valence-corrected chi connectivity index (χ1v) is 8.79. The molecule has 0 radical (unpaired) electrons. The molecule has 4 rings (SSSR count). The van der Waals surface area contributed by atoms with Crippen molar-refractivity contribution in [3.8, 4) is 0 Å². The summed E-state index contributed by atoms with van der Waals surface area (Å²) in [5.41, 5.74) is 7.26. The van der Waals surface area contributed by atoms with Crippen molar-refractivity contribution >= 4 is 5.57 Å². The molecule has 0 N–H and O–H groups in total. The summed E-state index contributed by atoms with van der Waals surface area (Å²) in [6, 6.07) is 30.6. The quantitative estimate of drug-likeness (QED) is 0.535. The van der Waals surface area contributed by atoms with Crippen LogP contribution in [0.5, 0.6) is 0 Å². The van der Waals surface area contributed by atoms with Crippen LogP contribution in [0, 0.1) is 0 Å². The molecule has 1 aliphatic carbocycles. The van der Waals surface area contributed by atoms with Gasteiger partial charge >= 0.3 is 0 Å². The van der Waals surface area contributed by atoms with E-state index < -0.39 is 0 Å². The predicted molar refractivity (Wildman–Crippen MR) is 102 cm³/mol. The summed E-state index contributed by atoms with van der Waals surface area (Å²) < 4.78 is 0. The molecule has 0 fully saturated rings. The van der Waals surface area contributed by atoms with Gasteiger partial charge < -0.3 is 0 Å². The lowest BCUT2D eigenvalue weighted by molar-refractivity contribution is 0.806. The Bertz CT molecular complexity index is 828. The van der Waals surface area contributed by atoms with E-state index in [1.807, 2.05) is 0 Å². The lowest BCUT2D eigenvalue weighted by Crippen LogP contribution is -2.09. The number of hydrogen-bond donors (Lipinski definition) is 0. The van der Waals surface area contributed by atoms with Crippen molar-refractivity contribution in [3.05, 3.63) is 113 Å². The maximum absolute atomic E-state index is 2.46. The van der Waals surface area contributed by atoms with E-state index in [1.165, 1.54) is 27.8 Å². The van der Waals surface area contributed by atoms with Gasteiger partial charge in [0, 0.05) is 5.92 Å². The van der Waals surface area contributed by atoms with E-state index in [9.17, 15) is 0 Å². The highest BCUT2D eigenvalue weighted by Gasteiger charge is 2.22. The summed E-state index contributed by atoms with van der Waals surface area (Å²) in [6.45, 7) is 0. The van der Waals surface area contributed by atoms with Gasteiger partial charge in [-0.1, -0.05) is 91.0 Å². The predicted octanol–water partition coefficient (Wildman–Crippen LogP) is 6.24. The molecule has 0 aromatic heterocycles. The maximum Gasteiger partial charge on any atom is 0.0130 e. The highest BCUT2D eigenvalue weighted by molar-refractivity contribution is 5.72. The Morgan fingerprint density at radius 3 is 2.12 bits per heavy atom. The van der Waals surface area contributed by atoms with Gasteiger partial charge in [0.15, 0.2) is 0 Å². The first-order chi connectivity index (χ1) is 11.9. The van der Waals surface area contributed by atoms with E-state index in [0.717, 1.165) is 19.3 Å². The summed E-state index contributed by atoms with van der Waals surface area (Å²) in [4.78, 5) is 0. The minimum Gasteiger partial charge on any atom is -0.0798 e. The Kier molecular flexibility index (Phi) is 4.29. The van der Waals surface area contributed by atoms with Crippen molar-refractivity contribution in [2.45, 2.75) is 25.2 Å². The largest absolute Gasteiger partial charge is 0.0798 e. The van der Waals surface area contributed by atoms with Crippen LogP contribution in [-0.2, 0) is 6.42 Å². The second-order valence-corrected chi connectivity index (χ2v) is 6.50. The Morgan fingerprint density at radius 1 is 0.667 bits per heavy atom. The van der Waals surface area contributed by atoms with Crippen molar-refractivity contribution < 1.29 is 0 Å².